The van der Waals surface area contributed by atoms with Crippen LogP contribution in [0.1, 0.15) is 32.5 Å². The summed E-state index contributed by atoms with van der Waals surface area (Å²) >= 11 is 0. The van der Waals surface area contributed by atoms with Crippen LogP contribution >= 0.6 is 0 Å². The number of nitrogens with one attached hydrogen (secondary N) is 1. The van der Waals surface area contributed by atoms with E-state index in [2.05, 4.69) is 39.0 Å². The summed E-state index contributed by atoms with van der Waals surface area (Å²) in [5.74, 6) is -0.314. The van der Waals surface area contributed by atoms with Crippen molar-refractivity contribution in [2.45, 2.75) is 45.8 Å². The van der Waals surface area contributed by atoms with Crippen molar-refractivity contribution < 1.29 is 23.1 Å². The van der Waals surface area contributed by atoms with Crippen molar-refractivity contribution in [2.24, 2.45) is 5.92 Å². The Labute approximate surface area is 179 Å². The zero-order valence-electron chi connectivity index (χ0n) is 17.9. The first kappa shape index (κ1) is 24.5. The molecule has 2 N–H and O–H groups in total. The van der Waals surface area contributed by atoms with E-state index in [1.54, 1.807) is 6.20 Å². The van der Waals surface area contributed by atoms with Crippen LogP contribution in [0.3, 0.4) is 0 Å². The number of aliphatic carboxylic acids is 1. The molecule has 7 nitrogen and oxygen atoms in total. The van der Waals surface area contributed by atoms with Crippen molar-refractivity contribution >= 4 is 11.8 Å². The van der Waals surface area contributed by atoms with Gasteiger partial charge in [0.1, 0.15) is 11.6 Å². The van der Waals surface area contributed by atoms with Gasteiger partial charge in [-0.05, 0) is 51.3 Å². The molecule has 1 saturated heterocycles. The zero-order valence-corrected chi connectivity index (χ0v) is 17.9. The van der Waals surface area contributed by atoms with Gasteiger partial charge in [0.2, 0.25) is 0 Å². The molecular formula is C21H28F3N5O2. The Bertz CT molecular complexity index is 849. The van der Waals surface area contributed by atoms with Crippen molar-refractivity contribution in [2.75, 3.05) is 25.0 Å². The Kier molecular flexibility index (Phi) is 8.73. The van der Waals surface area contributed by atoms with E-state index in [9.17, 15) is 13.2 Å². The normalized spacial score (nSPS) is 17.9. The second-order valence-electron chi connectivity index (χ2n) is 7.68. The molecule has 2 unspecified atom stereocenters. The van der Waals surface area contributed by atoms with E-state index in [-0.39, 0.29) is 0 Å². The van der Waals surface area contributed by atoms with Crippen molar-refractivity contribution in [1.82, 2.24) is 19.9 Å². The topological polar surface area (TPSA) is 91.2 Å². The molecule has 0 aromatic carbocycles. The number of hydrogen-bond acceptors (Lipinski definition) is 6. The number of hydrogen-bond donors (Lipinski definition) is 2. The molecule has 0 aliphatic carbocycles. The number of rotatable bonds is 5. The van der Waals surface area contributed by atoms with Gasteiger partial charge < -0.3 is 10.4 Å². The number of carboxylic acid groups (broad SMARTS) is 1. The summed E-state index contributed by atoms with van der Waals surface area (Å²) in [6.45, 7) is 9.86. The fraction of sp³-hybridized carbons (Fsp3) is 0.524. The smallest absolute Gasteiger partial charge is 0.475 e. The summed E-state index contributed by atoms with van der Waals surface area (Å²) in [5, 5.41) is 10.6. The van der Waals surface area contributed by atoms with Gasteiger partial charge in [-0.25, -0.2) is 14.8 Å². The van der Waals surface area contributed by atoms with E-state index in [4.69, 9.17) is 9.90 Å². The molecule has 0 radical (unpaired) electrons. The van der Waals surface area contributed by atoms with E-state index < -0.39 is 12.1 Å². The number of aromatic nitrogens is 3. The lowest BCUT2D eigenvalue weighted by Crippen LogP contribution is -2.43. The molecule has 1 aliphatic heterocycles. The first-order chi connectivity index (χ1) is 14.6. The van der Waals surface area contributed by atoms with Crippen molar-refractivity contribution in [3.63, 3.8) is 0 Å². The number of aryl methyl sites for hydroxylation is 1. The lowest BCUT2D eigenvalue weighted by Gasteiger charge is -2.35. The number of carbonyl (C=O) groups is 1. The second kappa shape index (κ2) is 11.0. The highest BCUT2D eigenvalue weighted by atomic mass is 19.4. The summed E-state index contributed by atoms with van der Waals surface area (Å²) in [6.07, 6.45) is -0.628. The van der Waals surface area contributed by atoms with Gasteiger partial charge in [0.15, 0.2) is 0 Å². The molecule has 1 aliphatic rings. The maximum absolute atomic E-state index is 10.6. The molecule has 0 spiro atoms. The molecular weight excluding hydrogens is 411 g/mol. The molecule has 0 bridgehead atoms. The highest BCUT2D eigenvalue weighted by Gasteiger charge is 2.38. The average Bonchev–Trinajstić information content (AvgIpc) is 2.72. The van der Waals surface area contributed by atoms with E-state index >= 15 is 0 Å². The fourth-order valence-electron chi connectivity index (χ4n) is 3.31. The predicted octanol–water partition coefficient (Wildman–Crippen LogP) is 4.01. The molecule has 1 fully saturated rings. The fourth-order valence-corrected chi connectivity index (χ4v) is 3.31. The van der Waals surface area contributed by atoms with Crippen LogP contribution in [0.5, 0.6) is 0 Å². The van der Waals surface area contributed by atoms with E-state index in [1.807, 2.05) is 31.2 Å². The van der Waals surface area contributed by atoms with Crippen molar-refractivity contribution in [1.29, 1.82) is 0 Å². The van der Waals surface area contributed by atoms with Crippen LogP contribution in [-0.2, 0) is 4.79 Å². The Morgan fingerprint density at radius 1 is 1.32 bits per heavy atom. The first-order valence-corrected chi connectivity index (χ1v) is 10.1. The van der Waals surface area contributed by atoms with Gasteiger partial charge in [-0.1, -0.05) is 13.0 Å². The van der Waals surface area contributed by atoms with Gasteiger partial charge in [-0.15, -0.1) is 0 Å². The van der Waals surface area contributed by atoms with Crippen molar-refractivity contribution in [3.8, 4) is 11.4 Å². The minimum atomic E-state index is -5.08. The van der Waals surface area contributed by atoms with Crippen LogP contribution < -0.4 is 5.32 Å². The summed E-state index contributed by atoms with van der Waals surface area (Å²) in [4.78, 5) is 24.9. The quantitative estimate of drug-likeness (QED) is 0.727. The molecule has 10 heteroatoms. The van der Waals surface area contributed by atoms with Crippen LogP contribution in [0.15, 0.2) is 30.5 Å². The number of anilines is 1. The number of alkyl halides is 3. The Balaban J connectivity index is 0.000000423. The third kappa shape index (κ3) is 8.12. The van der Waals surface area contributed by atoms with Gasteiger partial charge >= 0.3 is 12.1 Å². The van der Waals surface area contributed by atoms with E-state index in [1.165, 1.54) is 25.9 Å². The zero-order chi connectivity index (χ0) is 23.0. The third-order valence-corrected chi connectivity index (χ3v) is 4.90. The molecule has 3 rings (SSSR count). The standard InChI is InChI=1S/C19H27N5.C2HF3O2/c1-14-7-6-10-24(13-14)15(2)12-21-19-11-18(22-16(3)23-19)17-8-4-5-9-20-17;3-2(4,5)1(6)7/h4-5,8-9,11,14-15H,6-7,10,12-13H2,1-3H3,(H,21,22,23);(H,6,7). The monoisotopic (exact) mass is 439 g/mol. The van der Waals surface area contributed by atoms with Gasteiger partial charge in [-0.3, -0.25) is 9.88 Å². The summed E-state index contributed by atoms with van der Waals surface area (Å²) in [7, 11) is 0. The van der Waals surface area contributed by atoms with Crippen LogP contribution in [0.4, 0.5) is 19.0 Å². The van der Waals surface area contributed by atoms with Gasteiger partial charge in [0.25, 0.3) is 0 Å². The molecule has 2 aromatic heterocycles. The lowest BCUT2D eigenvalue weighted by molar-refractivity contribution is -0.192. The van der Waals surface area contributed by atoms with Crippen LogP contribution in [0, 0.1) is 12.8 Å². The minimum absolute atomic E-state index is 0.501. The van der Waals surface area contributed by atoms with Gasteiger partial charge in [0, 0.05) is 31.4 Å². The Morgan fingerprint density at radius 2 is 2.03 bits per heavy atom. The Morgan fingerprint density at radius 3 is 2.61 bits per heavy atom. The molecule has 0 amide bonds. The molecule has 2 aromatic rings. The van der Waals surface area contributed by atoms with Gasteiger partial charge in [-0.2, -0.15) is 13.2 Å². The molecule has 31 heavy (non-hydrogen) atoms. The molecule has 2 atom stereocenters. The summed E-state index contributed by atoms with van der Waals surface area (Å²) in [6, 6.07) is 8.36. The summed E-state index contributed by atoms with van der Waals surface area (Å²) < 4.78 is 31.7. The highest BCUT2D eigenvalue weighted by Crippen LogP contribution is 2.20. The number of halogens is 3. The van der Waals surface area contributed by atoms with E-state index in [0.717, 1.165) is 35.5 Å². The first-order valence-electron chi connectivity index (χ1n) is 10.1. The number of pyridine rings is 1. The highest BCUT2D eigenvalue weighted by molar-refractivity contribution is 5.73. The summed E-state index contributed by atoms with van der Waals surface area (Å²) in [5.41, 5.74) is 1.74. The minimum Gasteiger partial charge on any atom is -0.475 e. The molecule has 0 saturated carbocycles. The van der Waals surface area contributed by atoms with Gasteiger partial charge in [0.05, 0.1) is 11.4 Å². The van der Waals surface area contributed by atoms with Crippen LogP contribution in [0.25, 0.3) is 11.4 Å². The Hall–Kier alpha value is -2.75. The number of carboxylic acids is 1. The lowest BCUT2D eigenvalue weighted by atomic mass is 9.99. The van der Waals surface area contributed by atoms with Crippen LogP contribution in [-0.4, -0.2) is 62.8 Å². The predicted molar refractivity (Wildman–Crippen MR) is 112 cm³/mol. The van der Waals surface area contributed by atoms with Crippen molar-refractivity contribution in [3.05, 3.63) is 36.3 Å². The third-order valence-electron chi connectivity index (χ3n) is 4.90. The number of nitrogens with zero attached hydrogens (tertiary/aromatic N) is 4. The SMILES string of the molecule is Cc1nc(NCC(C)N2CCCC(C)C2)cc(-c2ccccn2)n1.O=C(O)C(F)(F)F. The molecule has 170 valence electrons. The van der Waals surface area contributed by atoms with Crippen LogP contribution in [0.2, 0.25) is 0 Å². The molecule has 3 heterocycles. The maximum Gasteiger partial charge on any atom is 0.490 e. The second-order valence-corrected chi connectivity index (χ2v) is 7.68. The number of likely N-dealkylation sites (tertiary alicyclic amines) is 1. The number of piperidine rings is 1. The average molecular weight is 439 g/mol. The largest absolute Gasteiger partial charge is 0.490 e. The van der Waals surface area contributed by atoms with E-state index in [0.29, 0.717) is 6.04 Å². The maximum atomic E-state index is 10.6.